The second-order valence-electron chi connectivity index (χ2n) is 7.49. The van der Waals surface area contributed by atoms with Gasteiger partial charge in [0.05, 0.1) is 18.8 Å². The van der Waals surface area contributed by atoms with Crippen molar-refractivity contribution in [3.8, 4) is 5.75 Å². The topological polar surface area (TPSA) is 66.2 Å². The first-order valence-electron chi connectivity index (χ1n) is 9.90. The summed E-state index contributed by atoms with van der Waals surface area (Å²) in [5.74, 6) is -0.216. The van der Waals surface area contributed by atoms with E-state index in [9.17, 15) is 14.3 Å². The van der Waals surface area contributed by atoms with Crippen LogP contribution in [0.2, 0.25) is 0 Å². The zero-order valence-electron chi connectivity index (χ0n) is 16.3. The molecule has 1 aromatic heterocycles. The first-order chi connectivity index (χ1) is 14.1. The van der Waals surface area contributed by atoms with E-state index in [-0.39, 0.29) is 11.6 Å². The van der Waals surface area contributed by atoms with Gasteiger partial charge in [0.15, 0.2) is 0 Å². The van der Waals surface area contributed by atoms with Crippen LogP contribution < -0.4 is 5.63 Å². The molecule has 4 rings (SSSR count). The van der Waals surface area contributed by atoms with E-state index in [0.717, 1.165) is 31.6 Å². The molecule has 2 aromatic rings. The van der Waals surface area contributed by atoms with E-state index in [1.807, 2.05) is 0 Å². The van der Waals surface area contributed by atoms with Gasteiger partial charge in [0.2, 0.25) is 0 Å². The van der Waals surface area contributed by atoms with Crippen LogP contribution in [0.3, 0.4) is 0 Å². The van der Waals surface area contributed by atoms with E-state index in [0.29, 0.717) is 44.0 Å². The average Bonchev–Trinajstić information content (AvgIpc) is 2.75. The number of halogens is 1. The molecule has 1 aromatic carbocycles. The third-order valence-corrected chi connectivity index (χ3v) is 5.53. The highest BCUT2D eigenvalue weighted by atomic mass is 19.1. The van der Waals surface area contributed by atoms with Crippen LogP contribution in [0, 0.1) is 5.82 Å². The molecule has 0 unspecified atom stereocenters. The average molecular weight is 400 g/mol. The Hall–Kier alpha value is -2.48. The molecule has 2 aliphatic rings. The fourth-order valence-electron chi connectivity index (χ4n) is 3.80. The molecule has 2 aliphatic heterocycles. The number of ether oxygens (including phenoxy) is 1. The maximum absolute atomic E-state index is 13.1. The number of benzene rings is 1. The second kappa shape index (κ2) is 8.90. The van der Waals surface area contributed by atoms with Gasteiger partial charge in [-0.2, -0.15) is 0 Å². The largest absolute Gasteiger partial charge is 0.507 e. The highest BCUT2D eigenvalue weighted by Crippen LogP contribution is 2.26. The van der Waals surface area contributed by atoms with Gasteiger partial charge in [0.1, 0.15) is 17.8 Å². The van der Waals surface area contributed by atoms with Gasteiger partial charge in [-0.05, 0) is 29.7 Å². The molecule has 0 atom stereocenters. The third kappa shape index (κ3) is 4.75. The summed E-state index contributed by atoms with van der Waals surface area (Å²) in [6, 6.07) is 6.50. The van der Waals surface area contributed by atoms with Crippen LogP contribution in [0.25, 0.3) is 5.57 Å². The number of hydrogen-bond donors (Lipinski definition) is 1. The summed E-state index contributed by atoms with van der Waals surface area (Å²) in [5, 5.41) is 10.7. The van der Waals surface area contributed by atoms with Crippen LogP contribution in [-0.2, 0) is 17.8 Å². The van der Waals surface area contributed by atoms with Gasteiger partial charge < -0.3 is 14.3 Å². The number of aromatic hydroxyl groups is 1. The van der Waals surface area contributed by atoms with E-state index < -0.39 is 5.63 Å². The second-order valence-corrected chi connectivity index (χ2v) is 7.49. The number of rotatable bonds is 5. The Morgan fingerprint density at radius 1 is 1.03 bits per heavy atom. The summed E-state index contributed by atoms with van der Waals surface area (Å²) < 4.78 is 23.7. The van der Waals surface area contributed by atoms with Crippen LogP contribution in [-0.4, -0.2) is 54.3 Å². The predicted octanol–water partition coefficient (Wildman–Crippen LogP) is 2.61. The molecule has 154 valence electrons. The van der Waals surface area contributed by atoms with Crippen molar-refractivity contribution in [2.45, 2.75) is 19.5 Å². The fraction of sp³-hybridized carbons (Fsp3) is 0.409. The Morgan fingerprint density at radius 3 is 2.48 bits per heavy atom. The van der Waals surface area contributed by atoms with E-state index in [1.54, 1.807) is 12.1 Å². The highest BCUT2D eigenvalue weighted by Gasteiger charge is 2.21. The molecule has 29 heavy (non-hydrogen) atoms. The lowest BCUT2D eigenvalue weighted by molar-refractivity contribution is 0.0335. The summed E-state index contributed by atoms with van der Waals surface area (Å²) in [5.41, 5.74) is 2.61. The highest BCUT2D eigenvalue weighted by molar-refractivity contribution is 5.66. The zero-order chi connectivity index (χ0) is 20.2. The van der Waals surface area contributed by atoms with Crippen molar-refractivity contribution in [1.82, 2.24) is 9.80 Å². The minimum absolute atomic E-state index is 0.0288. The lowest BCUT2D eigenvalue weighted by atomic mass is 9.99. The van der Waals surface area contributed by atoms with Crippen LogP contribution in [0.15, 0.2) is 45.8 Å². The maximum Gasteiger partial charge on any atom is 0.343 e. The molecule has 0 saturated carbocycles. The lowest BCUT2D eigenvalue weighted by Crippen LogP contribution is -2.36. The summed E-state index contributed by atoms with van der Waals surface area (Å²) in [7, 11) is 0. The maximum atomic E-state index is 13.1. The van der Waals surface area contributed by atoms with Gasteiger partial charge in [0.25, 0.3) is 0 Å². The Labute approximate surface area is 168 Å². The van der Waals surface area contributed by atoms with E-state index >= 15 is 0 Å². The monoisotopic (exact) mass is 400 g/mol. The molecule has 6 nitrogen and oxygen atoms in total. The number of hydrogen-bond acceptors (Lipinski definition) is 6. The molecule has 1 N–H and O–H groups in total. The summed E-state index contributed by atoms with van der Waals surface area (Å²) in [6.07, 6.45) is 4.25. The molecule has 0 aliphatic carbocycles. The molecule has 0 radical (unpaired) electrons. The van der Waals surface area contributed by atoms with Crippen molar-refractivity contribution in [2.75, 3.05) is 39.4 Å². The molecule has 3 heterocycles. The van der Waals surface area contributed by atoms with Crippen molar-refractivity contribution in [3.05, 3.63) is 69.5 Å². The third-order valence-electron chi connectivity index (χ3n) is 5.53. The summed E-state index contributed by atoms with van der Waals surface area (Å²) in [4.78, 5) is 16.5. The predicted molar refractivity (Wildman–Crippen MR) is 107 cm³/mol. The van der Waals surface area contributed by atoms with Crippen LogP contribution in [0.5, 0.6) is 5.75 Å². The molecule has 7 heteroatoms. The molecule has 0 bridgehead atoms. The Morgan fingerprint density at radius 2 is 1.79 bits per heavy atom. The Balaban J connectivity index is 1.44. The fourth-order valence-corrected chi connectivity index (χ4v) is 3.80. The molecular formula is C22H25FN2O4. The Kier molecular flexibility index (Phi) is 6.08. The van der Waals surface area contributed by atoms with Crippen LogP contribution in [0.1, 0.15) is 23.1 Å². The molecule has 0 spiro atoms. The van der Waals surface area contributed by atoms with Crippen molar-refractivity contribution >= 4 is 5.57 Å². The molecule has 1 fully saturated rings. The van der Waals surface area contributed by atoms with Gasteiger partial charge in [-0.1, -0.05) is 18.2 Å². The smallest absolute Gasteiger partial charge is 0.343 e. The van der Waals surface area contributed by atoms with Gasteiger partial charge in [0, 0.05) is 44.8 Å². The van der Waals surface area contributed by atoms with Crippen LogP contribution >= 0.6 is 0 Å². The van der Waals surface area contributed by atoms with Gasteiger partial charge >= 0.3 is 5.63 Å². The van der Waals surface area contributed by atoms with Crippen molar-refractivity contribution < 1.29 is 18.7 Å². The van der Waals surface area contributed by atoms with Crippen molar-refractivity contribution in [2.24, 2.45) is 0 Å². The number of nitrogens with zero attached hydrogens (tertiary/aromatic N) is 2. The first-order valence-corrected chi connectivity index (χ1v) is 9.90. The first kappa shape index (κ1) is 19.8. The van der Waals surface area contributed by atoms with Crippen molar-refractivity contribution in [3.63, 3.8) is 0 Å². The van der Waals surface area contributed by atoms with Gasteiger partial charge in [-0.25, -0.2) is 9.18 Å². The normalized spacial score (nSPS) is 18.6. The summed E-state index contributed by atoms with van der Waals surface area (Å²) >= 11 is 0. The summed E-state index contributed by atoms with van der Waals surface area (Å²) in [6.45, 7) is 5.17. The quantitative estimate of drug-likeness (QED) is 0.832. The zero-order valence-corrected chi connectivity index (χ0v) is 16.3. The molecule has 1 saturated heterocycles. The standard InChI is InChI=1S/C22H25FN2O4/c23-19-3-1-16(2-4-19)17-5-7-24(8-6-17)14-20-21(26)18(15-29-22(20)27)13-25-9-11-28-12-10-25/h1-5,15,26H,6-14H2. The van der Waals surface area contributed by atoms with E-state index in [4.69, 9.17) is 9.15 Å². The van der Waals surface area contributed by atoms with Gasteiger partial charge in [-0.15, -0.1) is 0 Å². The molecular weight excluding hydrogens is 375 g/mol. The minimum Gasteiger partial charge on any atom is -0.507 e. The number of morpholine rings is 1. The van der Waals surface area contributed by atoms with Crippen LogP contribution in [0.4, 0.5) is 4.39 Å². The minimum atomic E-state index is -0.499. The SMILES string of the molecule is O=c1occ(CN2CCOCC2)c(O)c1CN1CC=C(c2ccc(F)cc2)CC1. The Bertz CT molecular complexity index is 933. The van der Waals surface area contributed by atoms with Crippen molar-refractivity contribution in [1.29, 1.82) is 0 Å². The van der Waals surface area contributed by atoms with E-state index in [2.05, 4.69) is 15.9 Å². The van der Waals surface area contributed by atoms with E-state index in [1.165, 1.54) is 24.0 Å². The van der Waals surface area contributed by atoms with Gasteiger partial charge in [-0.3, -0.25) is 9.80 Å². The lowest BCUT2D eigenvalue weighted by Gasteiger charge is -2.28. The molecule has 0 amide bonds.